The molecule has 0 N–H and O–H groups in total. The van der Waals surface area contributed by atoms with E-state index in [1.807, 2.05) is 13.8 Å². The molecule has 3 heteroatoms. The van der Waals surface area contributed by atoms with Crippen LogP contribution in [0.25, 0.3) is 0 Å². The molecule has 3 nitrogen and oxygen atoms in total. The lowest BCUT2D eigenvalue weighted by molar-refractivity contribution is -0.133. The lowest BCUT2D eigenvalue weighted by atomic mass is 10.0. The number of ketones is 1. The average molecular weight is 172 g/mol. The van der Waals surface area contributed by atoms with Crippen LogP contribution in [0.4, 0.5) is 0 Å². The molecule has 2 atom stereocenters. The molecule has 0 radical (unpaired) electrons. The summed E-state index contributed by atoms with van der Waals surface area (Å²) in [7, 11) is 0. The molecule has 0 aromatic heterocycles. The zero-order chi connectivity index (χ0) is 8.97. The maximum atomic E-state index is 11.4. The van der Waals surface area contributed by atoms with Crippen LogP contribution in [0.3, 0.4) is 0 Å². The Bertz CT molecular complexity index is 156. The SMILES string of the molecule is CCOCC(=O)C1OCCC1C. The molecule has 1 heterocycles. The molecule has 70 valence electrons. The van der Waals surface area contributed by atoms with Gasteiger partial charge < -0.3 is 9.47 Å². The second-order valence-electron chi connectivity index (χ2n) is 3.16. The monoisotopic (exact) mass is 172 g/mol. The minimum absolute atomic E-state index is 0.0850. The van der Waals surface area contributed by atoms with Crippen molar-refractivity contribution < 1.29 is 14.3 Å². The number of ether oxygens (including phenoxy) is 2. The molecular weight excluding hydrogens is 156 g/mol. The van der Waals surface area contributed by atoms with Gasteiger partial charge in [0.1, 0.15) is 12.7 Å². The lowest BCUT2D eigenvalue weighted by Gasteiger charge is -2.12. The summed E-state index contributed by atoms with van der Waals surface area (Å²) in [6.07, 6.45) is 0.777. The third-order valence-electron chi connectivity index (χ3n) is 2.15. The minimum Gasteiger partial charge on any atom is -0.374 e. The Balaban J connectivity index is 2.30. The molecule has 1 fully saturated rings. The van der Waals surface area contributed by atoms with Gasteiger partial charge in [0.05, 0.1) is 0 Å². The van der Waals surface area contributed by atoms with E-state index in [0.29, 0.717) is 19.1 Å². The molecule has 1 aliphatic heterocycles. The first-order chi connectivity index (χ1) is 5.75. The highest BCUT2D eigenvalue weighted by atomic mass is 16.5. The molecule has 0 aromatic rings. The fourth-order valence-electron chi connectivity index (χ4n) is 1.39. The van der Waals surface area contributed by atoms with Gasteiger partial charge in [0.2, 0.25) is 0 Å². The average Bonchev–Trinajstić information content (AvgIpc) is 2.47. The summed E-state index contributed by atoms with van der Waals surface area (Å²) in [5.74, 6) is 0.444. The van der Waals surface area contributed by atoms with Crippen molar-refractivity contribution in [2.45, 2.75) is 26.4 Å². The van der Waals surface area contributed by atoms with Crippen LogP contribution < -0.4 is 0 Å². The van der Waals surface area contributed by atoms with Crippen molar-refractivity contribution in [3.8, 4) is 0 Å². The zero-order valence-electron chi connectivity index (χ0n) is 7.71. The van der Waals surface area contributed by atoms with E-state index in [4.69, 9.17) is 9.47 Å². The summed E-state index contributed by atoms with van der Waals surface area (Å²) in [4.78, 5) is 11.4. The van der Waals surface area contributed by atoms with Crippen molar-refractivity contribution in [1.82, 2.24) is 0 Å². The molecule has 0 amide bonds. The first-order valence-corrected chi connectivity index (χ1v) is 4.47. The van der Waals surface area contributed by atoms with Crippen LogP contribution in [0.1, 0.15) is 20.3 Å². The Morgan fingerprint density at radius 1 is 1.67 bits per heavy atom. The number of carbonyl (C=O) groups excluding carboxylic acids is 1. The molecule has 1 rings (SSSR count). The quantitative estimate of drug-likeness (QED) is 0.635. The van der Waals surface area contributed by atoms with Gasteiger partial charge in [-0.3, -0.25) is 4.79 Å². The third-order valence-corrected chi connectivity index (χ3v) is 2.15. The first kappa shape index (κ1) is 9.68. The lowest BCUT2D eigenvalue weighted by Crippen LogP contribution is -2.28. The van der Waals surface area contributed by atoms with Crippen molar-refractivity contribution >= 4 is 5.78 Å². The van der Waals surface area contributed by atoms with Gasteiger partial charge in [-0.2, -0.15) is 0 Å². The predicted octanol–water partition coefficient (Wildman–Crippen LogP) is 1.02. The van der Waals surface area contributed by atoms with Crippen LogP contribution in [0.2, 0.25) is 0 Å². The molecule has 0 spiro atoms. The summed E-state index contributed by atoms with van der Waals surface area (Å²) in [5.41, 5.74) is 0. The summed E-state index contributed by atoms with van der Waals surface area (Å²) < 4.78 is 10.3. The van der Waals surface area contributed by atoms with Crippen LogP contribution in [0.5, 0.6) is 0 Å². The van der Waals surface area contributed by atoms with Crippen LogP contribution in [0, 0.1) is 5.92 Å². The standard InChI is InChI=1S/C9H16O3/c1-3-11-6-8(10)9-7(2)4-5-12-9/h7,9H,3-6H2,1-2H3. The van der Waals surface area contributed by atoms with E-state index in [1.165, 1.54) is 0 Å². The second kappa shape index (κ2) is 4.58. The van der Waals surface area contributed by atoms with Crippen molar-refractivity contribution in [2.24, 2.45) is 5.92 Å². The predicted molar refractivity (Wildman–Crippen MR) is 45.0 cm³/mol. The third kappa shape index (κ3) is 2.29. The van der Waals surface area contributed by atoms with Gasteiger partial charge in [-0.1, -0.05) is 6.92 Å². The Hall–Kier alpha value is -0.410. The Morgan fingerprint density at radius 3 is 2.92 bits per heavy atom. The topological polar surface area (TPSA) is 35.5 Å². The summed E-state index contributed by atoms with van der Waals surface area (Å²) in [6.45, 7) is 5.43. The number of carbonyl (C=O) groups is 1. The van der Waals surface area contributed by atoms with Gasteiger partial charge in [0.15, 0.2) is 5.78 Å². The second-order valence-corrected chi connectivity index (χ2v) is 3.16. The van der Waals surface area contributed by atoms with Crippen LogP contribution in [-0.4, -0.2) is 31.7 Å². The molecular formula is C9H16O3. The summed E-state index contributed by atoms with van der Waals surface area (Å²) >= 11 is 0. The maximum Gasteiger partial charge on any atom is 0.187 e. The molecule has 2 unspecified atom stereocenters. The number of hydrogen-bond acceptors (Lipinski definition) is 3. The van der Waals surface area contributed by atoms with Gasteiger partial charge in [0, 0.05) is 13.2 Å². The highest BCUT2D eigenvalue weighted by Crippen LogP contribution is 2.20. The van der Waals surface area contributed by atoms with Crippen molar-refractivity contribution in [1.29, 1.82) is 0 Å². The normalized spacial score (nSPS) is 29.2. The van der Waals surface area contributed by atoms with E-state index in [9.17, 15) is 4.79 Å². The summed E-state index contributed by atoms with van der Waals surface area (Å²) in [5, 5.41) is 0. The van der Waals surface area contributed by atoms with E-state index in [0.717, 1.165) is 6.42 Å². The molecule has 0 bridgehead atoms. The van der Waals surface area contributed by atoms with Crippen molar-refractivity contribution in [2.75, 3.05) is 19.8 Å². The maximum absolute atomic E-state index is 11.4. The van der Waals surface area contributed by atoms with Gasteiger partial charge in [-0.25, -0.2) is 0 Å². The molecule has 0 aromatic carbocycles. The first-order valence-electron chi connectivity index (χ1n) is 4.47. The van der Waals surface area contributed by atoms with Crippen LogP contribution in [0.15, 0.2) is 0 Å². The smallest absolute Gasteiger partial charge is 0.187 e. The van der Waals surface area contributed by atoms with Crippen molar-refractivity contribution in [3.05, 3.63) is 0 Å². The van der Waals surface area contributed by atoms with Gasteiger partial charge in [-0.05, 0) is 19.3 Å². The number of hydrogen-bond donors (Lipinski definition) is 0. The fourth-order valence-corrected chi connectivity index (χ4v) is 1.39. The highest BCUT2D eigenvalue weighted by Gasteiger charge is 2.30. The molecule has 12 heavy (non-hydrogen) atoms. The Kier molecular flexibility index (Phi) is 3.69. The molecule has 0 aliphatic carbocycles. The van der Waals surface area contributed by atoms with Gasteiger partial charge >= 0.3 is 0 Å². The Labute approximate surface area is 73.0 Å². The Morgan fingerprint density at radius 2 is 2.42 bits per heavy atom. The fraction of sp³-hybridized carbons (Fsp3) is 0.889. The largest absolute Gasteiger partial charge is 0.374 e. The van der Waals surface area contributed by atoms with E-state index in [1.54, 1.807) is 0 Å². The van der Waals surface area contributed by atoms with E-state index in [-0.39, 0.29) is 18.5 Å². The van der Waals surface area contributed by atoms with E-state index >= 15 is 0 Å². The van der Waals surface area contributed by atoms with E-state index < -0.39 is 0 Å². The van der Waals surface area contributed by atoms with Crippen LogP contribution in [-0.2, 0) is 14.3 Å². The van der Waals surface area contributed by atoms with Gasteiger partial charge in [0.25, 0.3) is 0 Å². The summed E-state index contributed by atoms with van der Waals surface area (Å²) in [6, 6.07) is 0. The van der Waals surface area contributed by atoms with Crippen molar-refractivity contribution in [3.63, 3.8) is 0 Å². The zero-order valence-corrected chi connectivity index (χ0v) is 7.71. The molecule has 0 saturated carbocycles. The van der Waals surface area contributed by atoms with Gasteiger partial charge in [-0.15, -0.1) is 0 Å². The number of rotatable bonds is 4. The highest BCUT2D eigenvalue weighted by molar-refractivity contribution is 5.84. The van der Waals surface area contributed by atoms with Crippen LogP contribution >= 0.6 is 0 Å². The van der Waals surface area contributed by atoms with E-state index in [2.05, 4.69) is 0 Å². The minimum atomic E-state index is -0.212. The molecule has 1 saturated heterocycles. The number of Topliss-reactive ketones (excluding diaryl/α,β-unsaturated/α-hetero) is 1. The molecule has 1 aliphatic rings.